The van der Waals surface area contributed by atoms with Crippen LogP contribution < -0.4 is 11.1 Å². The number of aromatic nitrogens is 1. The number of esters is 1. The van der Waals surface area contributed by atoms with E-state index in [9.17, 15) is 4.79 Å². The van der Waals surface area contributed by atoms with E-state index in [-0.39, 0.29) is 0 Å². The topological polar surface area (TPSA) is 77.2 Å². The van der Waals surface area contributed by atoms with Gasteiger partial charge in [-0.1, -0.05) is 0 Å². The maximum atomic E-state index is 11.8. The molecule has 0 fully saturated rings. The molecule has 0 bridgehead atoms. The fourth-order valence-corrected chi connectivity index (χ4v) is 2.59. The highest BCUT2D eigenvalue weighted by Gasteiger charge is 2.25. The van der Waals surface area contributed by atoms with Gasteiger partial charge in [0.1, 0.15) is 5.01 Å². The molecule has 3 N–H and O–H groups in total. The second kappa shape index (κ2) is 5.50. The smallest absolute Gasteiger partial charge is 0.340 e. The number of hydrogen-bond donors (Lipinski definition) is 2. The van der Waals surface area contributed by atoms with Gasteiger partial charge < -0.3 is 15.8 Å². The number of hydrogen-bond acceptors (Lipinski definition) is 6. The minimum atomic E-state index is -0.422. The molecule has 1 aromatic heterocycles. The molecule has 0 saturated carbocycles. The lowest BCUT2D eigenvalue weighted by atomic mass is 10.0. The zero-order valence-electron chi connectivity index (χ0n) is 11.6. The second-order valence-electron chi connectivity index (χ2n) is 4.88. The Hall–Kier alpha value is -2.08. The summed E-state index contributed by atoms with van der Waals surface area (Å²) in [5.41, 5.74) is 6.94. The molecule has 0 spiro atoms. The summed E-state index contributed by atoms with van der Waals surface area (Å²) in [5.74, 6) is -0.422. The average molecular weight is 291 g/mol. The number of benzene rings is 1. The van der Waals surface area contributed by atoms with E-state index in [0.717, 1.165) is 5.01 Å². The molecule has 0 atom stereocenters. The molecule has 0 aliphatic rings. The predicted octanol–water partition coefficient (Wildman–Crippen LogP) is 2.86. The Morgan fingerprint density at radius 1 is 1.45 bits per heavy atom. The van der Waals surface area contributed by atoms with Gasteiger partial charge in [-0.3, -0.25) is 0 Å². The van der Waals surface area contributed by atoms with Gasteiger partial charge in [-0.15, -0.1) is 11.3 Å². The van der Waals surface area contributed by atoms with Crippen LogP contribution in [0.25, 0.3) is 0 Å². The van der Waals surface area contributed by atoms with Crippen molar-refractivity contribution in [3.63, 3.8) is 0 Å². The Balaban J connectivity index is 2.36. The molecule has 0 aliphatic heterocycles. The summed E-state index contributed by atoms with van der Waals surface area (Å²) in [6, 6.07) is 5.12. The van der Waals surface area contributed by atoms with Crippen molar-refractivity contribution in [1.82, 2.24) is 4.98 Å². The normalized spacial score (nSPS) is 11.2. The maximum Gasteiger partial charge on any atom is 0.340 e. The number of nitrogen functional groups attached to an aromatic ring is 1. The number of carbonyl (C=O) groups excluding carboxylic acids is 1. The molecule has 0 unspecified atom stereocenters. The maximum absolute atomic E-state index is 11.8. The first-order chi connectivity index (χ1) is 9.44. The molecular formula is C14H17N3O2S. The van der Waals surface area contributed by atoms with Crippen LogP contribution in [-0.2, 0) is 10.3 Å². The molecule has 2 rings (SSSR count). The van der Waals surface area contributed by atoms with Crippen molar-refractivity contribution < 1.29 is 9.53 Å². The van der Waals surface area contributed by atoms with Crippen LogP contribution in [0.3, 0.4) is 0 Å². The van der Waals surface area contributed by atoms with E-state index in [1.54, 1.807) is 35.7 Å². The molecule has 0 saturated heterocycles. The average Bonchev–Trinajstić information content (AvgIpc) is 2.94. The number of thiazole rings is 1. The van der Waals surface area contributed by atoms with E-state index in [1.807, 2.05) is 19.2 Å². The van der Waals surface area contributed by atoms with Crippen LogP contribution in [-0.4, -0.2) is 18.1 Å². The van der Waals surface area contributed by atoms with Crippen molar-refractivity contribution in [1.29, 1.82) is 0 Å². The highest BCUT2D eigenvalue weighted by molar-refractivity contribution is 7.09. The molecule has 5 nitrogen and oxygen atoms in total. The van der Waals surface area contributed by atoms with Crippen LogP contribution in [0.2, 0.25) is 0 Å². The molecule has 2 aromatic rings. The van der Waals surface area contributed by atoms with Gasteiger partial charge in [0.05, 0.1) is 18.2 Å². The van der Waals surface area contributed by atoms with Gasteiger partial charge in [0.15, 0.2) is 0 Å². The third-order valence-corrected chi connectivity index (χ3v) is 3.96. The molecule has 0 aliphatic carbocycles. The minimum absolute atomic E-state index is 0.396. The van der Waals surface area contributed by atoms with Gasteiger partial charge in [-0.05, 0) is 32.0 Å². The number of methoxy groups -OCH3 is 1. The van der Waals surface area contributed by atoms with Crippen LogP contribution in [0.15, 0.2) is 29.8 Å². The lowest BCUT2D eigenvalue weighted by Crippen LogP contribution is -2.28. The zero-order valence-corrected chi connectivity index (χ0v) is 12.5. The minimum Gasteiger partial charge on any atom is -0.465 e. The van der Waals surface area contributed by atoms with Crippen molar-refractivity contribution >= 4 is 28.7 Å². The van der Waals surface area contributed by atoms with Gasteiger partial charge in [-0.25, -0.2) is 9.78 Å². The molecular weight excluding hydrogens is 274 g/mol. The Labute approximate surface area is 121 Å². The number of ether oxygens (including phenoxy) is 1. The lowest BCUT2D eigenvalue weighted by molar-refractivity contribution is 0.0602. The molecule has 20 heavy (non-hydrogen) atoms. The second-order valence-corrected chi connectivity index (χ2v) is 5.78. The molecule has 0 radical (unpaired) electrons. The number of nitrogens with one attached hydrogen (secondary N) is 1. The first-order valence-electron chi connectivity index (χ1n) is 6.10. The van der Waals surface area contributed by atoms with Crippen LogP contribution in [0, 0.1) is 0 Å². The van der Waals surface area contributed by atoms with Crippen LogP contribution in [0.5, 0.6) is 0 Å². The predicted molar refractivity (Wildman–Crippen MR) is 81.0 cm³/mol. The van der Waals surface area contributed by atoms with Crippen molar-refractivity contribution in [2.24, 2.45) is 0 Å². The number of nitrogens with zero attached hydrogens (tertiary/aromatic N) is 1. The number of carbonyl (C=O) groups is 1. The third-order valence-electron chi connectivity index (χ3n) is 2.86. The Bertz CT molecular complexity index is 609. The van der Waals surface area contributed by atoms with Gasteiger partial charge in [-0.2, -0.15) is 0 Å². The number of anilines is 2. The van der Waals surface area contributed by atoms with E-state index >= 15 is 0 Å². The van der Waals surface area contributed by atoms with E-state index in [2.05, 4.69) is 10.3 Å². The molecule has 6 heteroatoms. The summed E-state index contributed by atoms with van der Waals surface area (Å²) in [5, 5.41) is 6.18. The summed E-state index contributed by atoms with van der Waals surface area (Å²) in [6.07, 6.45) is 1.76. The van der Waals surface area contributed by atoms with Gasteiger partial charge in [0.25, 0.3) is 0 Å². The summed E-state index contributed by atoms with van der Waals surface area (Å²) in [7, 11) is 1.35. The first-order valence-corrected chi connectivity index (χ1v) is 6.98. The zero-order chi connectivity index (χ0) is 14.8. The summed E-state index contributed by atoms with van der Waals surface area (Å²) >= 11 is 1.56. The van der Waals surface area contributed by atoms with Crippen molar-refractivity contribution in [3.8, 4) is 0 Å². The summed E-state index contributed by atoms with van der Waals surface area (Å²) < 4.78 is 4.79. The highest BCUT2D eigenvalue weighted by Crippen LogP contribution is 2.30. The van der Waals surface area contributed by atoms with E-state index < -0.39 is 11.5 Å². The molecule has 1 heterocycles. The Morgan fingerprint density at radius 2 is 2.20 bits per heavy atom. The van der Waals surface area contributed by atoms with Crippen LogP contribution >= 0.6 is 11.3 Å². The quantitative estimate of drug-likeness (QED) is 0.669. The van der Waals surface area contributed by atoms with E-state index in [4.69, 9.17) is 10.5 Å². The van der Waals surface area contributed by atoms with Crippen LogP contribution in [0.1, 0.15) is 29.2 Å². The Kier molecular flexibility index (Phi) is 3.94. The fraction of sp³-hybridized carbons (Fsp3) is 0.286. The molecule has 106 valence electrons. The number of nitrogens with two attached hydrogens (primary N) is 1. The molecule has 1 aromatic carbocycles. The standard InChI is InChI=1S/C14H17N3O2S/c1-14(2,13-16-6-7-20-13)17-11-5-4-9(15)8-10(11)12(18)19-3/h4-8,17H,15H2,1-3H3. The highest BCUT2D eigenvalue weighted by atomic mass is 32.1. The van der Waals surface area contributed by atoms with Gasteiger partial charge in [0, 0.05) is 23.0 Å². The van der Waals surface area contributed by atoms with Gasteiger partial charge in [0.2, 0.25) is 0 Å². The summed E-state index contributed by atoms with van der Waals surface area (Å²) in [6.45, 7) is 4.01. The monoisotopic (exact) mass is 291 g/mol. The van der Waals surface area contributed by atoms with Crippen molar-refractivity contribution in [2.45, 2.75) is 19.4 Å². The molecule has 0 amide bonds. The SMILES string of the molecule is COC(=O)c1cc(N)ccc1NC(C)(C)c1nccs1. The van der Waals surface area contributed by atoms with Crippen molar-refractivity contribution in [3.05, 3.63) is 40.3 Å². The third kappa shape index (κ3) is 2.91. The van der Waals surface area contributed by atoms with Gasteiger partial charge >= 0.3 is 5.97 Å². The largest absolute Gasteiger partial charge is 0.465 e. The lowest BCUT2D eigenvalue weighted by Gasteiger charge is -2.26. The number of rotatable bonds is 4. The first kappa shape index (κ1) is 14.3. The van der Waals surface area contributed by atoms with Crippen LogP contribution in [0.4, 0.5) is 11.4 Å². The van der Waals surface area contributed by atoms with Crippen molar-refractivity contribution in [2.75, 3.05) is 18.2 Å². The van der Waals surface area contributed by atoms with E-state index in [0.29, 0.717) is 16.9 Å². The van der Waals surface area contributed by atoms with E-state index in [1.165, 1.54) is 7.11 Å². The summed E-state index contributed by atoms with van der Waals surface area (Å²) in [4.78, 5) is 16.1. The Morgan fingerprint density at radius 3 is 2.80 bits per heavy atom. The fourth-order valence-electron chi connectivity index (χ4n) is 1.87.